The summed E-state index contributed by atoms with van der Waals surface area (Å²) in [7, 11) is 0. The zero-order chi connectivity index (χ0) is 8.39. The zero-order valence-corrected chi connectivity index (χ0v) is 9.24. The van der Waals surface area contributed by atoms with Crippen molar-refractivity contribution in [1.29, 1.82) is 0 Å². The Balaban J connectivity index is 2.57. The molecule has 1 aromatic heterocycles. The molecule has 1 heterocycles. The van der Waals surface area contributed by atoms with Crippen LogP contribution in [0.2, 0.25) is 0 Å². The molecule has 2 aromatic rings. The molecule has 2 rings (SSSR count). The van der Waals surface area contributed by atoms with Gasteiger partial charge in [0.15, 0.2) is 0 Å². The van der Waals surface area contributed by atoms with Crippen LogP contribution in [-0.4, -0.2) is 27.0 Å². The van der Waals surface area contributed by atoms with Crippen molar-refractivity contribution in [3.05, 3.63) is 28.3 Å². The summed E-state index contributed by atoms with van der Waals surface area (Å²) in [6, 6.07) is 8.50. The van der Waals surface area contributed by atoms with E-state index in [-0.39, 0.29) is 20.4 Å². The maximum atomic E-state index is 5.54. The van der Waals surface area contributed by atoms with Crippen LogP contribution in [0, 0.1) is 0 Å². The standard InChI is InChI=1S/C10H10OTe/c1-2-11-9-5-3-4-8-6-7-12-10(8)9/h3-7H,2H2,1H3. The third-order valence-corrected chi connectivity index (χ3v) is 4.44. The molecule has 0 saturated heterocycles. The van der Waals surface area contributed by atoms with Gasteiger partial charge in [-0.2, -0.15) is 0 Å². The van der Waals surface area contributed by atoms with Crippen molar-refractivity contribution in [3.63, 3.8) is 0 Å². The van der Waals surface area contributed by atoms with E-state index in [1.807, 2.05) is 6.92 Å². The molecule has 2 heteroatoms. The third-order valence-electron chi connectivity index (χ3n) is 1.74. The quantitative estimate of drug-likeness (QED) is 0.763. The molecule has 0 bridgehead atoms. The molecule has 0 fully saturated rings. The van der Waals surface area contributed by atoms with Gasteiger partial charge in [0.2, 0.25) is 0 Å². The Bertz CT molecular complexity index is 378. The van der Waals surface area contributed by atoms with Crippen LogP contribution in [0.5, 0.6) is 5.75 Å². The second-order valence-electron chi connectivity index (χ2n) is 2.53. The van der Waals surface area contributed by atoms with Crippen LogP contribution >= 0.6 is 0 Å². The van der Waals surface area contributed by atoms with Gasteiger partial charge in [0, 0.05) is 0 Å². The molecule has 0 amide bonds. The number of fused-ring (bicyclic) bond motifs is 1. The van der Waals surface area contributed by atoms with E-state index in [0.29, 0.717) is 0 Å². The summed E-state index contributed by atoms with van der Waals surface area (Å²) in [5, 5.41) is 1.36. The molecule has 1 nitrogen and oxygen atoms in total. The topological polar surface area (TPSA) is 9.23 Å². The Labute approximate surface area is 81.6 Å². The van der Waals surface area contributed by atoms with Crippen LogP contribution in [0.25, 0.3) is 8.79 Å². The van der Waals surface area contributed by atoms with Gasteiger partial charge in [-0.15, -0.1) is 0 Å². The van der Waals surface area contributed by atoms with Crippen LogP contribution < -0.4 is 4.74 Å². The minimum absolute atomic E-state index is 0.0875. The number of ether oxygens (including phenoxy) is 1. The van der Waals surface area contributed by atoms with Crippen LogP contribution in [-0.2, 0) is 0 Å². The van der Waals surface area contributed by atoms with Crippen molar-refractivity contribution in [1.82, 2.24) is 0 Å². The van der Waals surface area contributed by atoms with Gasteiger partial charge >= 0.3 is 81.6 Å². The van der Waals surface area contributed by atoms with Gasteiger partial charge in [0.05, 0.1) is 0 Å². The van der Waals surface area contributed by atoms with Gasteiger partial charge in [-0.05, 0) is 0 Å². The summed E-state index contributed by atoms with van der Waals surface area (Å²) in [6.07, 6.45) is 0. The maximum absolute atomic E-state index is 5.54. The predicted octanol–water partition coefficient (Wildman–Crippen LogP) is 2.30. The molecular weight excluding hydrogens is 264 g/mol. The number of hydrogen-bond donors (Lipinski definition) is 0. The molecule has 0 spiro atoms. The van der Waals surface area contributed by atoms with Crippen LogP contribution in [0.15, 0.2) is 28.3 Å². The van der Waals surface area contributed by atoms with E-state index in [1.54, 1.807) is 0 Å². The van der Waals surface area contributed by atoms with Gasteiger partial charge in [-0.3, -0.25) is 0 Å². The monoisotopic (exact) mass is 276 g/mol. The second kappa shape index (κ2) is 3.51. The summed E-state index contributed by atoms with van der Waals surface area (Å²) in [5.74, 6) is 1.10. The van der Waals surface area contributed by atoms with Gasteiger partial charge in [0.1, 0.15) is 0 Å². The Kier molecular flexibility index (Phi) is 2.39. The number of hydrogen-bond acceptors (Lipinski definition) is 1. The fourth-order valence-electron chi connectivity index (χ4n) is 1.23. The summed E-state index contributed by atoms with van der Waals surface area (Å²) in [6.45, 7) is 2.80. The van der Waals surface area contributed by atoms with Gasteiger partial charge in [-0.25, -0.2) is 0 Å². The van der Waals surface area contributed by atoms with E-state index in [9.17, 15) is 0 Å². The van der Waals surface area contributed by atoms with Crippen molar-refractivity contribution < 1.29 is 4.74 Å². The molecule has 0 saturated carbocycles. The second-order valence-corrected chi connectivity index (χ2v) is 5.14. The molecule has 0 atom stereocenters. The Hall–Kier alpha value is -0.450. The van der Waals surface area contributed by atoms with E-state index in [2.05, 4.69) is 28.3 Å². The van der Waals surface area contributed by atoms with Gasteiger partial charge < -0.3 is 0 Å². The average Bonchev–Trinajstić information content (AvgIpc) is 2.53. The van der Waals surface area contributed by atoms with Crippen LogP contribution in [0.1, 0.15) is 6.92 Å². The zero-order valence-electron chi connectivity index (χ0n) is 6.91. The van der Waals surface area contributed by atoms with Crippen LogP contribution in [0.4, 0.5) is 0 Å². The van der Waals surface area contributed by atoms with Crippen molar-refractivity contribution >= 4 is 29.2 Å². The first-order valence-electron chi connectivity index (χ1n) is 4.01. The summed E-state index contributed by atoms with van der Waals surface area (Å²) in [5.41, 5.74) is 0. The average molecular weight is 274 g/mol. The third kappa shape index (κ3) is 1.37. The van der Waals surface area contributed by atoms with Gasteiger partial charge in [-0.1, -0.05) is 0 Å². The van der Waals surface area contributed by atoms with Crippen molar-refractivity contribution in [2.24, 2.45) is 0 Å². The Morgan fingerprint density at radius 2 is 2.25 bits per heavy atom. The molecule has 0 unspecified atom stereocenters. The Morgan fingerprint density at radius 1 is 1.33 bits per heavy atom. The van der Waals surface area contributed by atoms with Gasteiger partial charge in [0.25, 0.3) is 0 Å². The molecule has 0 aliphatic rings. The molecule has 62 valence electrons. The normalized spacial score (nSPS) is 10.4. The molecule has 0 N–H and O–H groups in total. The fourth-order valence-corrected chi connectivity index (χ4v) is 3.71. The summed E-state index contributed by atoms with van der Waals surface area (Å²) >= 11 is -0.0875. The first kappa shape index (κ1) is 8.16. The molecule has 0 radical (unpaired) electrons. The van der Waals surface area contributed by atoms with Crippen molar-refractivity contribution in [2.75, 3.05) is 6.61 Å². The Morgan fingerprint density at radius 3 is 3.08 bits per heavy atom. The molecule has 12 heavy (non-hydrogen) atoms. The van der Waals surface area contributed by atoms with E-state index in [0.717, 1.165) is 12.4 Å². The minimum atomic E-state index is -0.0875. The molecule has 1 aromatic carbocycles. The molecule has 0 aliphatic carbocycles. The fraction of sp³-hybridized carbons (Fsp3) is 0.200. The first-order chi connectivity index (χ1) is 5.92. The van der Waals surface area contributed by atoms with E-state index in [1.165, 1.54) is 8.79 Å². The SMILES string of the molecule is CCOc1cccc2cc[te]c12. The van der Waals surface area contributed by atoms with E-state index >= 15 is 0 Å². The number of rotatable bonds is 2. The van der Waals surface area contributed by atoms with E-state index in [4.69, 9.17) is 4.74 Å². The number of benzene rings is 1. The predicted molar refractivity (Wildman–Crippen MR) is 52.1 cm³/mol. The van der Waals surface area contributed by atoms with Crippen LogP contribution in [0.3, 0.4) is 0 Å². The summed E-state index contributed by atoms with van der Waals surface area (Å²) in [4.78, 5) is 0. The van der Waals surface area contributed by atoms with Crippen molar-refractivity contribution in [3.8, 4) is 5.75 Å². The molecule has 0 aliphatic heterocycles. The first-order valence-corrected chi connectivity index (χ1v) is 6.52. The molecular formula is C10H10OTe. The van der Waals surface area contributed by atoms with E-state index < -0.39 is 0 Å². The summed E-state index contributed by atoms with van der Waals surface area (Å²) < 4.78 is 9.31. The van der Waals surface area contributed by atoms with Crippen molar-refractivity contribution in [2.45, 2.75) is 6.92 Å².